The Morgan fingerprint density at radius 1 is 1.28 bits per heavy atom. The number of alkyl halides is 3. The van der Waals surface area contributed by atoms with Crippen molar-refractivity contribution in [1.82, 2.24) is 10.6 Å². The lowest BCUT2D eigenvalue weighted by molar-refractivity contribution is -0.137. The standard InChI is InChI=1S/C12H15F3N2O/c13-12(14,15)9-2-1-3-11(6-9)18-8-10-7-16-4-5-17-10/h1-3,6,10,16-17H,4-5,7-8H2. The normalized spacial score (nSPS) is 20.7. The summed E-state index contributed by atoms with van der Waals surface area (Å²) < 4.78 is 42.8. The van der Waals surface area contributed by atoms with E-state index in [9.17, 15) is 13.2 Å². The average Bonchev–Trinajstić information content (AvgIpc) is 2.37. The first-order chi connectivity index (χ1) is 8.55. The highest BCUT2D eigenvalue weighted by molar-refractivity contribution is 5.30. The molecule has 0 spiro atoms. The highest BCUT2D eigenvalue weighted by Crippen LogP contribution is 2.31. The molecule has 1 unspecified atom stereocenters. The maximum absolute atomic E-state index is 12.5. The van der Waals surface area contributed by atoms with E-state index in [1.165, 1.54) is 12.1 Å². The molecule has 0 saturated carbocycles. The van der Waals surface area contributed by atoms with Gasteiger partial charge in [0.1, 0.15) is 12.4 Å². The molecule has 2 rings (SSSR count). The maximum atomic E-state index is 12.5. The van der Waals surface area contributed by atoms with Crippen LogP contribution in [0.15, 0.2) is 24.3 Å². The van der Waals surface area contributed by atoms with Crippen LogP contribution in [0.5, 0.6) is 5.75 Å². The highest BCUT2D eigenvalue weighted by Gasteiger charge is 2.30. The van der Waals surface area contributed by atoms with Gasteiger partial charge in [0.25, 0.3) is 0 Å². The number of hydrogen-bond donors (Lipinski definition) is 2. The van der Waals surface area contributed by atoms with Crippen molar-refractivity contribution in [2.24, 2.45) is 0 Å². The molecule has 0 radical (unpaired) electrons. The van der Waals surface area contributed by atoms with Crippen LogP contribution in [0.4, 0.5) is 13.2 Å². The zero-order valence-electron chi connectivity index (χ0n) is 9.76. The van der Waals surface area contributed by atoms with E-state index < -0.39 is 11.7 Å². The van der Waals surface area contributed by atoms with Gasteiger partial charge in [-0.1, -0.05) is 6.07 Å². The van der Waals surface area contributed by atoms with Gasteiger partial charge in [-0.3, -0.25) is 0 Å². The third-order valence-corrected chi connectivity index (χ3v) is 2.74. The third-order valence-electron chi connectivity index (χ3n) is 2.74. The van der Waals surface area contributed by atoms with Crippen molar-refractivity contribution in [1.29, 1.82) is 0 Å². The zero-order valence-corrected chi connectivity index (χ0v) is 9.76. The second-order valence-electron chi connectivity index (χ2n) is 4.19. The monoisotopic (exact) mass is 260 g/mol. The summed E-state index contributed by atoms with van der Waals surface area (Å²) in [6.45, 7) is 2.87. The molecule has 2 N–H and O–H groups in total. The van der Waals surface area contributed by atoms with Crippen LogP contribution in [0.2, 0.25) is 0 Å². The number of halogens is 3. The molecule has 0 aromatic heterocycles. The summed E-state index contributed by atoms with van der Waals surface area (Å²) in [5, 5.41) is 6.41. The molecule has 100 valence electrons. The van der Waals surface area contributed by atoms with Crippen LogP contribution in [0, 0.1) is 0 Å². The summed E-state index contributed by atoms with van der Waals surface area (Å²) in [7, 11) is 0. The van der Waals surface area contributed by atoms with Crippen LogP contribution in [0.1, 0.15) is 5.56 Å². The molecule has 3 nitrogen and oxygen atoms in total. The Bertz CT molecular complexity index is 389. The first-order valence-electron chi connectivity index (χ1n) is 5.80. The fourth-order valence-corrected chi connectivity index (χ4v) is 1.79. The minimum atomic E-state index is -4.33. The van der Waals surface area contributed by atoms with Crippen molar-refractivity contribution in [2.75, 3.05) is 26.2 Å². The van der Waals surface area contributed by atoms with E-state index >= 15 is 0 Å². The molecular weight excluding hydrogens is 245 g/mol. The van der Waals surface area contributed by atoms with E-state index in [1.807, 2.05) is 0 Å². The summed E-state index contributed by atoms with van der Waals surface area (Å²) in [6.07, 6.45) is -4.33. The van der Waals surface area contributed by atoms with Crippen molar-refractivity contribution in [2.45, 2.75) is 12.2 Å². The van der Waals surface area contributed by atoms with E-state index in [1.54, 1.807) is 0 Å². The minimum absolute atomic E-state index is 0.133. The molecular formula is C12H15F3N2O. The molecule has 0 bridgehead atoms. The molecule has 1 saturated heterocycles. The quantitative estimate of drug-likeness (QED) is 0.867. The van der Waals surface area contributed by atoms with Gasteiger partial charge >= 0.3 is 6.18 Å². The van der Waals surface area contributed by atoms with E-state index in [-0.39, 0.29) is 11.8 Å². The van der Waals surface area contributed by atoms with Crippen molar-refractivity contribution < 1.29 is 17.9 Å². The predicted octanol–water partition coefficient (Wildman–Crippen LogP) is 1.65. The van der Waals surface area contributed by atoms with Gasteiger partial charge in [0.05, 0.1) is 11.6 Å². The van der Waals surface area contributed by atoms with Gasteiger partial charge < -0.3 is 15.4 Å². The molecule has 0 amide bonds. The molecule has 1 aliphatic rings. The predicted molar refractivity (Wildman–Crippen MR) is 61.6 cm³/mol. The summed E-state index contributed by atoms with van der Waals surface area (Å²) in [4.78, 5) is 0. The number of benzene rings is 1. The molecule has 1 aromatic rings. The van der Waals surface area contributed by atoms with Crippen molar-refractivity contribution in [3.05, 3.63) is 29.8 Å². The van der Waals surface area contributed by atoms with Crippen LogP contribution >= 0.6 is 0 Å². The summed E-state index contributed by atoms with van der Waals surface area (Å²) in [6, 6.07) is 5.08. The van der Waals surface area contributed by atoms with Crippen LogP contribution < -0.4 is 15.4 Å². The van der Waals surface area contributed by atoms with Gasteiger partial charge in [0.15, 0.2) is 0 Å². The Balaban J connectivity index is 1.92. The van der Waals surface area contributed by atoms with Crippen molar-refractivity contribution >= 4 is 0 Å². The molecule has 0 aliphatic carbocycles. The number of hydrogen-bond acceptors (Lipinski definition) is 3. The lowest BCUT2D eigenvalue weighted by Crippen LogP contribution is -2.50. The molecule has 6 heteroatoms. The number of rotatable bonds is 3. The molecule has 1 aliphatic heterocycles. The average molecular weight is 260 g/mol. The van der Waals surface area contributed by atoms with Gasteiger partial charge in [-0.15, -0.1) is 0 Å². The van der Waals surface area contributed by atoms with Crippen LogP contribution in [0.3, 0.4) is 0 Å². The van der Waals surface area contributed by atoms with Gasteiger partial charge in [0, 0.05) is 19.6 Å². The second kappa shape index (κ2) is 5.58. The number of nitrogens with one attached hydrogen (secondary N) is 2. The third kappa shape index (κ3) is 3.61. The fourth-order valence-electron chi connectivity index (χ4n) is 1.79. The maximum Gasteiger partial charge on any atom is 0.416 e. The first kappa shape index (κ1) is 13.2. The minimum Gasteiger partial charge on any atom is -0.492 e. The highest BCUT2D eigenvalue weighted by atomic mass is 19.4. The lowest BCUT2D eigenvalue weighted by atomic mass is 10.2. The molecule has 1 aromatic carbocycles. The van der Waals surface area contributed by atoms with Gasteiger partial charge in [0.2, 0.25) is 0 Å². The van der Waals surface area contributed by atoms with E-state index in [4.69, 9.17) is 4.74 Å². The molecule has 18 heavy (non-hydrogen) atoms. The zero-order chi connectivity index (χ0) is 13.0. The second-order valence-corrected chi connectivity index (χ2v) is 4.19. The summed E-state index contributed by atoms with van der Waals surface area (Å²) in [5.41, 5.74) is -0.685. The Kier molecular flexibility index (Phi) is 4.08. The van der Waals surface area contributed by atoms with E-state index in [0.29, 0.717) is 6.61 Å². The van der Waals surface area contributed by atoms with Gasteiger partial charge in [-0.2, -0.15) is 13.2 Å². The Labute approximate surface area is 103 Å². The van der Waals surface area contributed by atoms with Crippen LogP contribution in [-0.2, 0) is 6.18 Å². The first-order valence-corrected chi connectivity index (χ1v) is 5.80. The van der Waals surface area contributed by atoms with Crippen LogP contribution in [-0.4, -0.2) is 32.3 Å². The molecule has 1 fully saturated rings. The van der Waals surface area contributed by atoms with Crippen molar-refractivity contribution in [3.8, 4) is 5.75 Å². The topological polar surface area (TPSA) is 33.3 Å². The van der Waals surface area contributed by atoms with E-state index in [0.717, 1.165) is 31.8 Å². The SMILES string of the molecule is FC(F)(F)c1cccc(OCC2CNCCN2)c1. The smallest absolute Gasteiger partial charge is 0.416 e. The Morgan fingerprint density at radius 3 is 2.78 bits per heavy atom. The Morgan fingerprint density at radius 2 is 2.11 bits per heavy atom. The lowest BCUT2D eigenvalue weighted by Gasteiger charge is -2.24. The number of piperazine rings is 1. The largest absolute Gasteiger partial charge is 0.492 e. The number of ether oxygens (including phenoxy) is 1. The summed E-state index contributed by atoms with van der Waals surface area (Å²) >= 11 is 0. The Hall–Kier alpha value is -1.27. The van der Waals surface area contributed by atoms with Gasteiger partial charge in [-0.25, -0.2) is 0 Å². The fraction of sp³-hybridized carbons (Fsp3) is 0.500. The van der Waals surface area contributed by atoms with Crippen LogP contribution in [0.25, 0.3) is 0 Å². The van der Waals surface area contributed by atoms with Gasteiger partial charge in [-0.05, 0) is 18.2 Å². The van der Waals surface area contributed by atoms with Crippen molar-refractivity contribution in [3.63, 3.8) is 0 Å². The summed E-state index contributed by atoms with van der Waals surface area (Å²) in [5.74, 6) is 0.247. The molecule has 1 atom stereocenters. The molecule has 1 heterocycles. The van der Waals surface area contributed by atoms with E-state index in [2.05, 4.69) is 10.6 Å².